The molecule has 4 aromatic carbocycles. The Morgan fingerprint density at radius 2 is 1.57 bits per heavy atom. The monoisotopic (exact) mass is 726 g/mol. The van der Waals surface area contributed by atoms with Gasteiger partial charge in [0.15, 0.2) is 16.3 Å². The first kappa shape index (κ1) is 34.9. The van der Waals surface area contributed by atoms with E-state index in [1.165, 1.54) is 42.3 Å². The fourth-order valence-corrected chi connectivity index (χ4v) is 7.65. The van der Waals surface area contributed by atoms with E-state index < -0.39 is 16.9 Å². The predicted molar refractivity (Wildman–Crippen MR) is 203 cm³/mol. The number of nitro groups is 1. The van der Waals surface area contributed by atoms with Crippen molar-refractivity contribution in [1.82, 2.24) is 9.13 Å². The Balaban J connectivity index is 1.50. The Hall–Kier alpha value is -6.53. The van der Waals surface area contributed by atoms with E-state index in [-0.39, 0.29) is 23.4 Å². The summed E-state index contributed by atoms with van der Waals surface area (Å²) in [6.07, 6.45) is 1.84. The van der Waals surface area contributed by atoms with E-state index in [9.17, 15) is 19.7 Å². The van der Waals surface area contributed by atoms with Crippen LogP contribution in [0.3, 0.4) is 0 Å². The lowest BCUT2D eigenvalue weighted by atomic mass is 9.95. The largest absolute Gasteiger partial charge is 0.493 e. The van der Waals surface area contributed by atoms with Crippen LogP contribution in [0.5, 0.6) is 11.5 Å². The van der Waals surface area contributed by atoms with Crippen molar-refractivity contribution in [3.8, 4) is 39.7 Å². The molecule has 0 radical (unpaired) electrons. The highest BCUT2D eigenvalue weighted by molar-refractivity contribution is 7.07. The van der Waals surface area contributed by atoms with Crippen molar-refractivity contribution in [2.75, 3.05) is 20.8 Å². The molecule has 0 spiro atoms. The number of esters is 1. The molecule has 3 heterocycles. The number of nitro benzene ring substituents is 1. The van der Waals surface area contributed by atoms with Crippen molar-refractivity contribution in [2.45, 2.75) is 19.9 Å². The van der Waals surface area contributed by atoms with Gasteiger partial charge in [0.1, 0.15) is 0 Å². The van der Waals surface area contributed by atoms with E-state index in [4.69, 9.17) is 19.2 Å². The van der Waals surface area contributed by atoms with Crippen LogP contribution in [0.15, 0.2) is 130 Å². The van der Waals surface area contributed by atoms with Crippen molar-refractivity contribution in [3.63, 3.8) is 0 Å². The van der Waals surface area contributed by atoms with Gasteiger partial charge in [0.25, 0.3) is 11.2 Å². The number of hydrogen-bond donors (Lipinski definition) is 0. The molecule has 1 aliphatic heterocycles. The van der Waals surface area contributed by atoms with E-state index in [0.717, 1.165) is 28.1 Å². The first-order chi connectivity index (χ1) is 25.7. The number of rotatable bonds is 10. The molecule has 11 nitrogen and oxygen atoms in total. The van der Waals surface area contributed by atoms with Crippen LogP contribution in [0.4, 0.5) is 5.69 Å². The highest BCUT2D eigenvalue weighted by Crippen LogP contribution is 2.38. The number of aromatic nitrogens is 2. The molecular weight excluding hydrogens is 693 g/mol. The summed E-state index contributed by atoms with van der Waals surface area (Å²) in [5.41, 5.74) is 5.77. The zero-order valence-corrected chi connectivity index (χ0v) is 30.1. The maximum Gasteiger partial charge on any atom is 0.338 e. The van der Waals surface area contributed by atoms with E-state index in [2.05, 4.69) is 0 Å². The fraction of sp³-hybridized carbons (Fsp3) is 0.146. The lowest BCUT2D eigenvalue weighted by Crippen LogP contribution is -2.40. The molecule has 2 aromatic heterocycles. The quantitative estimate of drug-likeness (QED) is 0.0859. The highest BCUT2D eigenvalue weighted by atomic mass is 32.1. The van der Waals surface area contributed by atoms with Crippen LogP contribution >= 0.6 is 11.3 Å². The van der Waals surface area contributed by atoms with Crippen molar-refractivity contribution in [2.24, 2.45) is 4.99 Å². The van der Waals surface area contributed by atoms with Crippen molar-refractivity contribution in [3.05, 3.63) is 161 Å². The van der Waals surface area contributed by atoms with Crippen molar-refractivity contribution in [1.29, 1.82) is 0 Å². The Labute approximate surface area is 308 Å². The second-order valence-electron chi connectivity index (χ2n) is 12.1. The zero-order valence-electron chi connectivity index (χ0n) is 29.3. The molecule has 1 atom stereocenters. The molecule has 266 valence electrons. The van der Waals surface area contributed by atoms with Gasteiger partial charge in [-0.3, -0.25) is 19.5 Å². The SMILES string of the molecule is CCOC(=O)C1=C(C)N=c2s/c(=C\c3cc(-c4ccccc4)n(-c4ccc([N+](=O)[O-])cc4)c3-c3ccccc3)c(=O)n2[C@H]1c1ccc(OC)c(OC)c1. The molecule has 7 rings (SSSR count). The Morgan fingerprint density at radius 1 is 0.906 bits per heavy atom. The van der Waals surface area contributed by atoms with E-state index in [0.29, 0.717) is 37.8 Å². The van der Waals surface area contributed by atoms with Gasteiger partial charge in [-0.2, -0.15) is 0 Å². The van der Waals surface area contributed by atoms with Gasteiger partial charge in [0.2, 0.25) is 0 Å². The van der Waals surface area contributed by atoms with Crippen LogP contribution in [0.2, 0.25) is 0 Å². The molecule has 0 bridgehead atoms. The van der Waals surface area contributed by atoms with Gasteiger partial charge < -0.3 is 18.8 Å². The van der Waals surface area contributed by atoms with Crippen LogP contribution < -0.4 is 24.4 Å². The summed E-state index contributed by atoms with van der Waals surface area (Å²) in [6.45, 7) is 3.61. The van der Waals surface area contributed by atoms with Crippen molar-refractivity contribution < 1.29 is 23.9 Å². The summed E-state index contributed by atoms with van der Waals surface area (Å²) < 4.78 is 20.5. The number of non-ortho nitro benzene ring substituents is 1. The van der Waals surface area contributed by atoms with E-state index in [1.54, 1.807) is 44.2 Å². The summed E-state index contributed by atoms with van der Waals surface area (Å²) in [4.78, 5) is 44.5. The molecule has 0 saturated carbocycles. The number of methoxy groups -OCH3 is 2. The van der Waals surface area contributed by atoms with E-state index >= 15 is 0 Å². The molecule has 0 unspecified atom stereocenters. The fourth-order valence-electron chi connectivity index (χ4n) is 6.62. The van der Waals surface area contributed by atoms with Gasteiger partial charge >= 0.3 is 5.97 Å². The molecule has 6 aromatic rings. The number of nitrogens with zero attached hydrogens (tertiary/aromatic N) is 4. The van der Waals surface area contributed by atoms with Gasteiger partial charge in [-0.25, -0.2) is 9.79 Å². The second kappa shape index (κ2) is 14.6. The molecule has 1 aliphatic rings. The third-order valence-electron chi connectivity index (χ3n) is 8.99. The molecule has 53 heavy (non-hydrogen) atoms. The summed E-state index contributed by atoms with van der Waals surface area (Å²) in [6, 6.07) is 32.4. The molecule has 0 aliphatic carbocycles. The zero-order chi connectivity index (χ0) is 37.2. The summed E-state index contributed by atoms with van der Waals surface area (Å²) in [5.74, 6) is 0.377. The maximum atomic E-state index is 14.7. The maximum absolute atomic E-state index is 14.7. The summed E-state index contributed by atoms with van der Waals surface area (Å²) in [7, 11) is 3.06. The number of benzene rings is 4. The summed E-state index contributed by atoms with van der Waals surface area (Å²) >= 11 is 1.22. The van der Waals surface area contributed by atoms with Gasteiger partial charge in [-0.1, -0.05) is 78.1 Å². The van der Waals surface area contributed by atoms with Crippen LogP contribution in [0.25, 0.3) is 34.3 Å². The Bertz CT molecular complexity index is 2570. The average Bonchev–Trinajstić information content (AvgIpc) is 3.71. The van der Waals surface area contributed by atoms with Crippen LogP contribution in [-0.4, -0.2) is 40.9 Å². The van der Waals surface area contributed by atoms with Crippen LogP contribution in [0, 0.1) is 10.1 Å². The van der Waals surface area contributed by atoms with Crippen LogP contribution in [-0.2, 0) is 9.53 Å². The third-order valence-corrected chi connectivity index (χ3v) is 9.98. The number of carbonyl (C=O) groups is 1. The van der Waals surface area contributed by atoms with Crippen LogP contribution in [0.1, 0.15) is 31.0 Å². The summed E-state index contributed by atoms with van der Waals surface area (Å²) in [5, 5.41) is 11.5. The highest BCUT2D eigenvalue weighted by Gasteiger charge is 2.34. The molecular formula is C41H34N4O7S. The number of carbonyl (C=O) groups excluding carboxylic acids is 1. The smallest absolute Gasteiger partial charge is 0.338 e. The van der Waals surface area contributed by atoms with Gasteiger partial charge in [0.05, 0.1) is 59.0 Å². The normalized spacial score (nSPS) is 14.0. The predicted octanol–water partition coefficient (Wildman–Crippen LogP) is 6.85. The van der Waals surface area contributed by atoms with Gasteiger partial charge in [-0.15, -0.1) is 0 Å². The minimum atomic E-state index is -0.856. The lowest BCUT2D eigenvalue weighted by Gasteiger charge is -2.25. The molecule has 0 saturated heterocycles. The molecule has 0 N–H and O–H groups in total. The number of allylic oxidation sites excluding steroid dienone is 1. The lowest BCUT2D eigenvalue weighted by molar-refractivity contribution is -0.384. The molecule has 0 fully saturated rings. The minimum absolute atomic E-state index is 0.0220. The molecule has 12 heteroatoms. The minimum Gasteiger partial charge on any atom is -0.493 e. The van der Waals surface area contributed by atoms with Crippen molar-refractivity contribution >= 4 is 29.1 Å². The first-order valence-electron chi connectivity index (χ1n) is 16.8. The number of ether oxygens (including phenoxy) is 3. The molecule has 0 amide bonds. The van der Waals surface area contributed by atoms with E-state index in [1.807, 2.05) is 77.4 Å². The number of hydrogen-bond acceptors (Lipinski definition) is 9. The Kier molecular flexibility index (Phi) is 9.62. The second-order valence-corrected chi connectivity index (χ2v) is 13.1. The van der Waals surface area contributed by atoms with Gasteiger partial charge in [-0.05, 0) is 66.9 Å². The average molecular weight is 727 g/mol. The standard InChI is InChI=1S/C41H34N4O7S/c1-5-52-40(47)36-25(2)42-41-44(38(36)28-16-21-33(50-3)34(23-28)51-4)39(46)35(53-41)24-29-22-32(26-12-8-6-9-13-26)43(37(29)27-14-10-7-11-15-27)30-17-19-31(20-18-30)45(48)49/h6-24,38H,5H2,1-4H3/b35-24-/t38-/m0/s1. The third kappa shape index (κ3) is 6.44. The van der Waals surface area contributed by atoms with Gasteiger partial charge in [0, 0.05) is 23.4 Å². The topological polar surface area (TPSA) is 127 Å². The number of thiazole rings is 1. The number of fused-ring (bicyclic) bond motifs is 1. The first-order valence-corrected chi connectivity index (χ1v) is 17.6. The Morgan fingerprint density at radius 3 is 2.19 bits per heavy atom.